The molecule has 4 aromatic carbocycles. The zero-order valence-electron chi connectivity index (χ0n) is 27.5. The van der Waals surface area contributed by atoms with Crippen molar-refractivity contribution in [3.63, 3.8) is 0 Å². The van der Waals surface area contributed by atoms with Gasteiger partial charge in [0, 0.05) is 29.2 Å². The molecule has 10 heteroatoms. The summed E-state index contributed by atoms with van der Waals surface area (Å²) in [6.45, 7) is 7.04. The number of thiazole rings is 1. The van der Waals surface area contributed by atoms with Crippen LogP contribution in [-0.2, 0) is 11.4 Å². The Hall–Kier alpha value is -4.86. The molecule has 0 saturated carbocycles. The fraction of sp³-hybridized carbons (Fsp3) is 0.237. The molecule has 246 valence electrons. The Kier molecular flexibility index (Phi) is 9.71. The van der Waals surface area contributed by atoms with Crippen LogP contribution in [0.1, 0.15) is 43.5 Å². The predicted octanol–water partition coefficient (Wildman–Crippen LogP) is 6.51. The number of likely N-dealkylation sites (N-methyl/N-ethyl adjacent to an activating group) is 1. The van der Waals surface area contributed by atoms with Gasteiger partial charge in [0.2, 0.25) is 0 Å². The van der Waals surface area contributed by atoms with E-state index in [1.165, 1.54) is 11.3 Å². The van der Waals surface area contributed by atoms with Crippen LogP contribution >= 0.6 is 22.9 Å². The van der Waals surface area contributed by atoms with E-state index in [2.05, 4.69) is 0 Å². The Morgan fingerprint density at radius 3 is 2.42 bits per heavy atom. The lowest BCUT2D eigenvalue weighted by Gasteiger charge is -2.30. The first-order valence-electron chi connectivity index (χ1n) is 15.7. The summed E-state index contributed by atoms with van der Waals surface area (Å²) in [6, 6.07) is 24.0. The van der Waals surface area contributed by atoms with Crippen LogP contribution in [0, 0.1) is 0 Å². The number of aromatic nitrogens is 1. The Bertz CT molecular complexity index is 2220. The third-order valence-corrected chi connectivity index (χ3v) is 9.78. The molecule has 0 saturated heterocycles. The minimum Gasteiger partial charge on any atom is -0.497 e. The maximum Gasteiger partial charge on any atom is 0.271 e. The van der Waals surface area contributed by atoms with Gasteiger partial charge < -0.3 is 19.1 Å². The molecule has 1 aliphatic heterocycles. The number of hydrogen-bond donors (Lipinski definition) is 0. The molecule has 1 atom stereocenters. The highest BCUT2D eigenvalue weighted by atomic mass is 35.5. The van der Waals surface area contributed by atoms with Gasteiger partial charge in [0.15, 0.2) is 4.80 Å². The summed E-state index contributed by atoms with van der Waals surface area (Å²) in [4.78, 5) is 35.8. The summed E-state index contributed by atoms with van der Waals surface area (Å²) in [5.41, 5.74) is 3.06. The van der Waals surface area contributed by atoms with E-state index < -0.39 is 6.04 Å². The SMILES string of the molecule is CCN(CC)C(=O)C1=C(C)N=c2s/c(=C/c3c(OCc4ccc(Cl)cc4)ccc4ccccc34)c(=O)n2[C@@H]1c1cc(OC)ccc1OC. The second-order valence-corrected chi connectivity index (χ2v) is 12.7. The highest BCUT2D eigenvalue weighted by molar-refractivity contribution is 7.07. The van der Waals surface area contributed by atoms with E-state index in [1.807, 2.05) is 93.6 Å². The van der Waals surface area contributed by atoms with Gasteiger partial charge in [-0.15, -0.1) is 0 Å². The molecule has 8 nitrogen and oxygen atoms in total. The van der Waals surface area contributed by atoms with E-state index in [0.717, 1.165) is 21.9 Å². The van der Waals surface area contributed by atoms with E-state index in [0.29, 0.717) is 68.1 Å². The number of amides is 1. The standard InChI is InChI=1S/C38H36ClN3O5S/c1-6-41(7-2)37(44)34-23(3)40-38-42(35(34)30-20-27(45-4)17-19-31(30)46-5)36(43)33(48-38)21-29-28-11-9-8-10-25(28)14-18-32(29)47-22-24-12-15-26(39)16-13-24/h8-21,35H,6-7,22H2,1-5H3/b33-21+/t35-/m1/s1. The number of carbonyl (C=O) groups excluding carboxylic acids is 1. The van der Waals surface area contributed by atoms with Crippen molar-refractivity contribution in [3.05, 3.63) is 132 Å². The van der Waals surface area contributed by atoms with Crippen LogP contribution in [0.3, 0.4) is 0 Å². The fourth-order valence-electron chi connectivity index (χ4n) is 6.05. The van der Waals surface area contributed by atoms with Gasteiger partial charge in [0.05, 0.1) is 30.0 Å². The summed E-state index contributed by atoms with van der Waals surface area (Å²) in [6.07, 6.45) is 1.87. The lowest BCUT2D eigenvalue weighted by Crippen LogP contribution is -2.43. The van der Waals surface area contributed by atoms with Crippen LogP contribution in [0.4, 0.5) is 0 Å². The smallest absolute Gasteiger partial charge is 0.271 e. The molecule has 0 aliphatic carbocycles. The van der Waals surface area contributed by atoms with Gasteiger partial charge in [-0.3, -0.25) is 14.2 Å². The fourth-order valence-corrected chi connectivity index (χ4v) is 7.20. The molecule has 0 N–H and O–H groups in total. The molecule has 1 aliphatic rings. The monoisotopic (exact) mass is 681 g/mol. The Morgan fingerprint density at radius 1 is 0.979 bits per heavy atom. The number of methoxy groups -OCH3 is 2. The van der Waals surface area contributed by atoms with Crippen LogP contribution in [-0.4, -0.2) is 42.7 Å². The van der Waals surface area contributed by atoms with Crippen molar-refractivity contribution in [2.75, 3.05) is 27.3 Å². The van der Waals surface area contributed by atoms with Crippen molar-refractivity contribution in [1.29, 1.82) is 0 Å². The van der Waals surface area contributed by atoms with Crippen LogP contribution in [0.2, 0.25) is 5.02 Å². The molecule has 0 radical (unpaired) electrons. The number of hydrogen-bond acceptors (Lipinski definition) is 7. The van der Waals surface area contributed by atoms with E-state index in [1.54, 1.807) is 35.8 Å². The molecule has 0 spiro atoms. The van der Waals surface area contributed by atoms with Gasteiger partial charge in [-0.2, -0.15) is 0 Å². The van der Waals surface area contributed by atoms with E-state index in [9.17, 15) is 9.59 Å². The summed E-state index contributed by atoms with van der Waals surface area (Å²) in [5.74, 6) is 1.56. The van der Waals surface area contributed by atoms with Crippen molar-refractivity contribution in [1.82, 2.24) is 9.47 Å². The summed E-state index contributed by atoms with van der Waals surface area (Å²) >= 11 is 7.37. The number of benzene rings is 4. The first kappa shape index (κ1) is 33.1. The minimum atomic E-state index is -0.797. The Morgan fingerprint density at radius 2 is 1.71 bits per heavy atom. The quantitative estimate of drug-likeness (QED) is 0.168. The third kappa shape index (κ3) is 6.23. The topological polar surface area (TPSA) is 82.4 Å². The zero-order valence-corrected chi connectivity index (χ0v) is 29.0. The van der Waals surface area contributed by atoms with Crippen molar-refractivity contribution < 1.29 is 19.0 Å². The van der Waals surface area contributed by atoms with Gasteiger partial charge in [0.1, 0.15) is 29.9 Å². The number of rotatable bonds is 10. The molecule has 1 amide bonds. The van der Waals surface area contributed by atoms with Crippen molar-refractivity contribution in [2.45, 2.75) is 33.4 Å². The van der Waals surface area contributed by atoms with Gasteiger partial charge in [-0.05, 0) is 79.6 Å². The normalized spacial score (nSPS) is 14.5. The molecule has 48 heavy (non-hydrogen) atoms. The van der Waals surface area contributed by atoms with E-state index in [-0.39, 0.29) is 11.5 Å². The second kappa shape index (κ2) is 14.1. The largest absolute Gasteiger partial charge is 0.497 e. The third-order valence-electron chi connectivity index (χ3n) is 8.55. The predicted molar refractivity (Wildman–Crippen MR) is 191 cm³/mol. The zero-order chi connectivity index (χ0) is 33.9. The number of nitrogens with zero attached hydrogens (tertiary/aromatic N) is 3. The summed E-state index contributed by atoms with van der Waals surface area (Å²) in [7, 11) is 3.15. The van der Waals surface area contributed by atoms with Gasteiger partial charge in [-0.1, -0.05) is 65.4 Å². The van der Waals surface area contributed by atoms with Crippen LogP contribution in [0.5, 0.6) is 17.2 Å². The molecule has 6 rings (SSSR count). The van der Waals surface area contributed by atoms with Gasteiger partial charge >= 0.3 is 0 Å². The first-order valence-corrected chi connectivity index (χ1v) is 16.9. The van der Waals surface area contributed by atoms with E-state index in [4.69, 9.17) is 30.8 Å². The molecular weight excluding hydrogens is 646 g/mol. The molecule has 0 bridgehead atoms. The van der Waals surface area contributed by atoms with E-state index >= 15 is 0 Å². The summed E-state index contributed by atoms with van der Waals surface area (Å²) < 4.78 is 19.8. The molecule has 0 fully saturated rings. The number of carbonyl (C=O) groups is 1. The van der Waals surface area contributed by atoms with Gasteiger partial charge in [-0.25, -0.2) is 4.99 Å². The maximum absolute atomic E-state index is 14.6. The number of allylic oxidation sites excluding steroid dienone is 1. The summed E-state index contributed by atoms with van der Waals surface area (Å²) in [5, 5.41) is 2.61. The average molecular weight is 682 g/mol. The Balaban J connectivity index is 1.57. The van der Waals surface area contributed by atoms with Crippen molar-refractivity contribution >= 4 is 45.7 Å². The Labute approximate surface area is 287 Å². The lowest BCUT2D eigenvalue weighted by molar-refractivity contribution is -0.127. The lowest BCUT2D eigenvalue weighted by atomic mass is 9.93. The van der Waals surface area contributed by atoms with Crippen LogP contribution in [0.25, 0.3) is 16.8 Å². The highest BCUT2D eigenvalue weighted by Crippen LogP contribution is 2.38. The van der Waals surface area contributed by atoms with Crippen LogP contribution in [0.15, 0.2) is 99.9 Å². The molecular formula is C38H36ClN3O5S. The van der Waals surface area contributed by atoms with Crippen molar-refractivity contribution in [3.8, 4) is 17.2 Å². The molecule has 5 aromatic rings. The maximum atomic E-state index is 14.6. The minimum absolute atomic E-state index is 0.183. The highest BCUT2D eigenvalue weighted by Gasteiger charge is 2.36. The number of ether oxygens (including phenoxy) is 3. The number of fused-ring (bicyclic) bond motifs is 2. The number of halogens is 1. The second-order valence-electron chi connectivity index (χ2n) is 11.3. The van der Waals surface area contributed by atoms with Crippen molar-refractivity contribution in [2.24, 2.45) is 4.99 Å². The molecule has 2 heterocycles. The van der Waals surface area contributed by atoms with Gasteiger partial charge in [0.25, 0.3) is 11.5 Å². The first-order chi connectivity index (χ1) is 23.3. The average Bonchev–Trinajstić information content (AvgIpc) is 3.41. The molecule has 1 aromatic heterocycles. The van der Waals surface area contributed by atoms with Crippen LogP contribution < -0.4 is 29.1 Å². The molecule has 0 unspecified atom stereocenters.